The Morgan fingerprint density at radius 3 is 2.71 bits per heavy atom. The van der Waals surface area contributed by atoms with Gasteiger partial charge in [0.1, 0.15) is 5.82 Å². The first-order valence-electron chi connectivity index (χ1n) is 7.71. The fourth-order valence-corrected chi connectivity index (χ4v) is 2.53. The Hall–Kier alpha value is -1.13. The highest BCUT2D eigenvalue weighted by molar-refractivity contribution is 5.48. The van der Waals surface area contributed by atoms with E-state index in [-0.39, 0.29) is 17.5 Å². The Morgan fingerprint density at radius 1 is 1.38 bits per heavy atom. The minimum atomic E-state index is -0.163. The van der Waals surface area contributed by atoms with Gasteiger partial charge in [0.25, 0.3) is 0 Å². The van der Waals surface area contributed by atoms with Gasteiger partial charge in [0, 0.05) is 32.3 Å². The summed E-state index contributed by atoms with van der Waals surface area (Å²) < 4.78 is 19.9. The van der Waals surface area contributed by atoms with Gasteiger partial charge in [-0.05, 0) is 51.3 Å². The Labute approximate surface area is 127 Å². The van der Waals surface area contributed by atoms with Gasteiger partial charge in [0.2, 0.25) is 0 Å². The van der Waals surface area contributed by atoms with Crippen molar-refractivity contribution in [1.29, 1.82) is 0 Å². The van der Waals surface area contributed by atoms with Crippen LogP contribution in [-0.2, 0) is 11.3 Å². The molecule has 2 rings (SSSR count). The first kappa shape index (κ1) is 16.2. The van der Waals surface area contributed by atoms with E-state index in [4.69, 9.17) is 4.74 Å². The number of halogens is 1. The quantitative estimate of drug-likeness (QED) is 0.901. The van der Waals surface area contributed by atoms with E-state index in [1.54, 1.807) is 6.07 Å². The summed E-state index contributed by atoms with van der Waals surface area (Å²) in [5.41, 5.74) is 1.65. The van der Waals surface area contributed by atoms with Crippen LogP contribution < -0.4 is 10.2 Å². The standard InChI is InChI=1S/C17H27FN2O/c1-17(2,3)19-11-13-7-8-16(15(18)10-13)20(4)12-14-6-5-9-21-14/h7-8,10,14,19H,5-6,9,11-12H2,1-4H3. The number of hydrogen-bond donors (Lipinski definition) is 1. The van der Waals surface area contributed by atoms with Crippen molar-refractivity contribution in [3.05, 3.63) is 29.6 Å². The van der Waals surface area contributed by atoms with Crippen LogP contribution in [0.15, 0.2) is 18.2 Å². The van der Waals surface area contributed by atoms with Gasteiger partial charge >= 0.3 is 0 Å². The van der Waals surface area contributed by atoms with Crippen molar-refractivity contribution < 1.29 is 9.13 Å². The Kier molecular flexibility index (Phi) is 5.22. The molecule has 0 saturated carbocycles. The van der Waals surface area contributed by atoms with Gasteiger partial charge in [-0.2, -0.15) is 0 Å². The average molecular weight is 294 g/mol. The van der Waals surface area contributed by atoms with Crippen LogP contribution in [0.25, 0.3) is 0 Å². The van der Waals surface area contributed by atoms with Gasteiger partial charge in [-0.15, -0.1) is 0 Å². The van der Waals surface area contributed by atoms with Crippen LogP contribution >= 0.6 is 0 Å². The van der Waals surface area contributed by atoms with Gasteiger partial charge in [-0.3, -0.25) is 0 Å². The lowest BCUT2D eigenvalue weighted by Crippen LogP contribution is -2.35. The molecule has 0 aromatic heterocycles. The third-order valence-electron chi connectivity index (χ3n) is 3.75. The second-order valence-corrected chi connectivity index (χ2v) is 6.90. The predicted octanol–water partition coefficient (Wildman–Crippen LogP) is 3.33. The fourth-order valence-electron chi connectivity index (χ4n) is 2.53. The van der Waals surface area contributed by atoms with Crippen LogP contribution in [0.4, 0.5) is 10.1 Å². The molecule has 1 atom stereocenters. The predicted molar refractivity (Wildman–Crippen MR) is 85.2 cm³/mol. The molecule has 1 saturated heterocycles. The SMILES string of the molecule is CN(CC1CCCO1)c1ccc(CNC(C)(C)C)cc1F. The van der Waals surface area contributed by atoms with Crippen LogP contribution in [0.5, 0.6) is 0 Å². The van der Waals surface area contributed by atoms with Crippen molar-refractivity contribution in [3.8, 4) is 0 Å². The fraction of sp³-hybridized carbons (Fsp3) is 0.647. The molecule has 21 heavy (non-hydrogen) atoms. The second-order valence-electron chi connectivity index (χ2n) is 6.90. The van der Waals surface area contributed by atoms with Crippen molar-refractivity contribution in [2.75, 3.05) is 25.1 Å². The molecular weight excluding hydrogens is 267 g/mol. The van der Waals surface area contributed by atoms with Crippen molar-refractivity contribution >= 4 is 5.69 Å². The molecule has 1 aromatic rings. The molecule has 4 heteroatoms. The molecule has 1 aliphatic heterocycles. The largest absolute Gasteiger partial charge is 0.376 e. The number of likely N-dealkylation sites (N-methyl/N-ethyl adjacent to an activating group) is 1. The number of benzene rings is 1. The molecule has 0 bridgehead atoms. The van der Waals surface area contributed by atoms with Gasteiger partial charge in [0.05, 0.1) is 11.8 Å². The molecule has 3 nitrogen and oxygen atoms in total. The minimum absolute atomic E-state index is 0.0335. The molecule has 118 valence electrons. The number of anilines is 1. The maximum atomic E-state index is 14.3. The van der Waals surface area contributed by atoms with E-state index in [1.807, 2.05) is 24.1 Å². The van der Waals surface area contributed by atoms with E-state index in [2.05, 4.69) is 26.1 Å². The summed E-state index contributed by atoms with van der Waals surface area (Å²) in [5, 5.41) is 3.37. The molecule has 1 N–H and O–H groups in total. The second kappa shape index (κ2) is 6.75. The lowest BCUT2D eigenvalue weighted by molar-refractivity contribution is 0.116. The van der Waals surface area contributed by atoms with E-state index in [1.165, 1.54) is 0 Å². The smallest absolute Gasteiger partial charge is 0.146 e. The maximum absolute atomic E-state index is 14.3. The van der Waals surface area contributed by atoms with Gasteiger partial charge in [-0.1, -0.05) is 6.07 Å². The highest BCUT2D eigenvalue weighted by Crippen LogP contribution is 2.22. The number of rotatable bonds is 5. The van der Waals surface area contributed by atoms with Crippen LogP contribution in [0.2, 0.25) is 0 Å². The van der Waals surface area contributed by atoms with Gasteiger partial charge < -0.3 is 15.0 Å². The maximum Gasteiger partial charge on any atom is 0.146 e. The van der Waals surface area contributed by atoms with Crippen LogP contribution in [0.1, 0.15) is 39.2 Å². The van der Waals surface area contributed by atoms with E-state index in [9.17, 15) is 4.39 Å². The number of nitrogens with one attached hydrogen (secondary N) is 1. The number of hydrogen-bond acceptors (Lipinski definition) is 3. The highest BCUT2D eigenvalue weighted by atomic mass is 19.1. The summed E-state index contributed by atoms with van der Waals surface area (Å²) in [6.45, 7) is 8.57. The van der Waals surface area contributed by atoms with E-state index in [0.717, 1.165) is 31.6 Å². The van der Waals surface area contributed by atoms with Crippen molar-refractivity contribution in [1.82, 2.24) is 5.32 Å². The first-order valence-corrected chi connectivity index (χ1v) is 7.71. The summed E-state index contributed by atoms with van der Waals surface area (Å²) in [4.78, 5) is 1.95. The molecule has 1 aromatic carbocycles. The first-order chi connectivity index (χ1) is 9.85. The normalized spacial score (nSPS) is 19.0. The summed E-state index contributed by atoms with van der Waals surface area (Å²) in [6, 6.07) is 5.48. The topological polar surface area (TPSA) is 24.5 Å². The van der Waals surface area contributed by atoms with Crippen LogP contribution in [-0.4, -0.2) is 31.8 Å². The Bertz CT molecular complexity index is 464. The van der Waals surface area contributed by atoms with Crippen molar-refractivity contribution in [2.24, 2.45) is 0 Å². The van der Waals surface area contributed by atoms with E-state index >= 15 is 0 Å². The molecule has 1 aliphatic rings. The average Bonchev–Trinajstić information content (AvgIpc) is 2.88. The van der Waals surface area contributed by atoms with Crippen LogP contribution in [0, 0.1) is 5.82 Å². The molecule has 0 amide bonds. The van der Waals surface area contributed by atoms with Crippen molar-refractivity contribution in [3.63, 3.8) is 0 Å². The Morgan fingerprint density at radius 2 is 2.14 bits per heavy atom. The monoisotopic (exact) mass is 294 g/mol. The third kappa shape index (κ3) is 4.97. The number of ether oxygens (including phenoxy) is 1. The zero-order valence-electron chi connectivity index (χ0n) is 13.6. The zero-order chi connectivity index (χ0) is 15.5. The summed E-state index contributed by atoms with van der Waals surface area (Å²) >= 11 is 0. The summed E-state index contributed by atoms with van der Waals surface area (Å²) in [5.74, 6) is -0.163. The molecule has 0 spiro atoms. The lowest BCUT2D eigenvalue weighted by Gasteiger charge is -2.24. The Balaban J connectivity index is 1.97. The van der Waals surface area contributed by atoms with Crippen molar-refractivity contribution in [2.45, 2.75) is 51.8 Å². The number of nitrogens with zero attached hydrogens (tertiary/aromatic N) is 1. The minimum Gasteiger partial charge on any atom is -0.376 e. The molecule has 1 fully saturated rings. The van der Waals surface area contributed by atoms with E-state index in [0.29, 0.717) is 12.2 Å². The lowest BCUT2D eigenvalue weighted by atomic mass is 10.1. The summed E-state index contributed by atoms with van der Waals surface area (Å²) in [7, 11) is 1.92. The summed E-state index contributed by atoms with van der Waals surface area (Å²) in [6.07, 6.45) is 2.41. The molecule has 1 heterocycles. The van der Waals surface area contributed by atoms with Gasteiger partial charge in [-0.25, -0.2) is 4.39 Å². The highest BCUT2D eigenvalue weighted by Gasteiger charge is 2.19. The molecular formula is C17H27FN2O. The molecule has 0 aliphatic carbocycles. The molecule has 0 radical (unpaired) electrons. The molecule has 1 unspecified atom stereocenters. The zero-order valence-corrected chi connectivity index (χ0v) is 13.6. The van der Waals surface area contributed by atoms with Crippen LogP contribution in [0.3, 0.4) is 0 Å². The van der Waals surface area contributed by atoms with Gasteiger partial charge in [0.15, 0.2) is 0 Å². The van der Waals surface area contributed by atoms with E-state index < -0.39 is 0 Å². The third-order valence-corrected chi connectivity index (χ3v) is 3.75.